The van der Waals surface area contributed by atoms with Crippen molar-refractivity contribution >= 4 is 11.8 Å². The number of hydrogen-bond donors (Lipinski definition) is 2. The number of nitrogens with zero attached hydrogens (tertiary/aromatic N) is 2. The largest absolute Gasteiger partial charge is 0.384 e. The Morgan fingerprint density at radius 1 is 1.14 bits per heavy atom. The molecule has 5 heteroatoms. The summed E-state index contributed by atoms with van der Waals surface area (Å²) in [5.74, 6) is 0.714. The Hall–Kier alpha value is -1.43. The van der Waals surface area contributed by atoms with Gasteiger partial charge in [0.25, 0.3) is 0 Å². The molecule has 0 aliphatic rings. The number of rotatable bonds is 6. The third-order valence-electron chi connectivity index (χ3n) is 3.36. The maximum atomic E-state index is 10.7. The Morgan fingerprint density at radius 2 is 1.76 bits per heavy atom. The average Bonchev–Trinajstić information content (AvgIpc) is 2.47. The van der Waals surface area contributed by atoms with Gasteiger partial charge in [-0.1, -0.05) is 42.1 Å². The van der Waals surface area contributed by atoms with E-state index in [1.165, 1.54) is 0 Å². The molecule has 4 nitrogen and oxygen atoms in total. The van der Waals surface area contributed by atoms with Gasteiger partial charge in [-0.3, -0.25) is 0 Å². The Bertz CT molecular complexity index is 571. The molecule has 0 aliphatic heterocycles. The fourth-order valence-corrected chi connectivity index (χ4v) is 3.22. The minimum atomic E-state index is -0.993. The molecule has 1 unspecified atom stereocenters. The molecular formula is C16H21N3OS. The first-order valence-corrected chi connectivity index (χ1v) is 7.95. The van der Waals surface area contributed by atoms with Crippen LogP contribution in [0.15, 0.2) is 41.6 Å². The van der Waals surface area contributed by atoms with Gasteiger partial charge in [-0.2, -0.15) is 0 Å². The van der Waals surface area contributed by atoms with Gasteiger partial charge >= 0.3 is 0 Å². The average molecular weight is 303 g/mol. The van der Waals surface area contributed by atoms with Crippen molar-refractivity contribution in [3.63, 3.8) is 0 Å². The minimum absolute atomic E-state index is 0.200. The molecule has 0 saturated carbocycles. The van der Waals surface area contributed by atoms with Gasteiger partial charge in [-0.05, 0) is 31.9 Å². The summed E-state index contributed by atoms with van der Waals surface area (Å²) in [4.78, 5) is 8.78. The van der Waals surface area contributed by atoms with Crippen molar-refractivity contribution in [3.05, 3.63) is 53.3 Å². The van der Waals surface area contributed by atoms with Crippen LogP contribution in [0.4, 0.5) is 0 Å². The van der Waals surface area contributed by atoms with Gasteiger partial charge in [0.05, 0.1) is 0 Å². The van der Waals surface area contributed by atoms with Crippen LogP contribution >= 0.6 is 11.8 Å². The molecule has 3 N–H and O–H groups in total. The second kappa shape index (κ2) is 7.02. The smallest absolute Gasteiger partial charge is 0.187 e. The SMILES string of the molecule is Cc1cc(C)nc(SCCC(O)(CN)c2ccccc2)n1. The highest BCUT2D eigenvalue weighted by Gasteiger charge is 2.27. The quantitative estimate of drug-likeness (QED) is 0.633. The monoisotopic (exact) mass is 303 g/mol. The second-order valence-corrected chi connectivity index (χ2v) is 6.20. The topological polar surface area (TPSA) is 72.0 Å². The standard InChI is InChI=1S/C16H21N3OS/c1-12-10-13(2)19-15(18-12)21-9-8-16(20,11-17)14-6-4-3-5-7-14/h3-7,10,20H,8-9,11,17H2,1-2H3. The Balaban J connectivity index is 2.00. The first-order chi connectivity index (χ1) is 10.0. The van der Waals surface area contributed by atoms with Gasteiger partial charge in [0.1, 0.15) is 5.60 Å². The summed E-state index contributed by atoms with van der Waals surface area (Å²) in [5, 5.41) is 11.4. The Labute approximate surface area is 129 Å². The van der Waals surface area contributed by atoms with Crippen molar-refractivity contribution in [1.82, 2.24) is 9.97 Å². The third kappa shape index (κ3) is 4.27. The van der Waals surface area contributed by atoms with Crippen LogP contribution in [-0.2, 0) is 5.60 Å². The van der Waals surface area contributed by atoms with Crippen molar-refractivity contribution in [3.8, 4) is 0 Å². The second-order valence-electron chi connectivity index (χ2n) is 5.13. The molecule has 21 heavy (non-hydrogen) atoms. The molecule has 0 fully saturated rings. The molecule has 0 amide bonds. The van der Waals surface area contributed by atoms with Crippen LogP contribution in [0.3, 0.4) is 0 Å². The molecule has 1 aromatic heterocycles. The molecule has 0 radical (unpaired) electrons. The molecule has 0 bridgehead atoms. The molecule has 0 spiro atoms. The first kappa shape index (κ1) is 15.9. The minimum Gasteiger partial charge on any atom is -0.384 e. The highest BCUT2D eigenvalue weighted by Crippen LogP contribution is 2.27. The lowest BCUT2D eigenvalue weighted by atomic mass is 9.91. The summed E-state index contributed by atoms with van der Waals surface area (Å²) in [7, 11) is 0. The predicted octanol–water partition coefficient (Wildman–Crippen LogP) is 2.42. The predicted molar refractivity (Wildman–Crippen MR) is 86.2 cm³/mol. The summed E-state index contributed by atoms with van der Waals surface area (Å²) in [5.41, 5.74) is 7.56. The summed E-state index contributed by atoms with van der Waals surface area (Å²) in [6.07, 6.45) is 0.564. The van der Waals surface area contributed by atoms with Gasteiger partial charge < -0.3 is 10.8 Å². The number of thioether (sulfide) groups is 1. The number of benzene rings is 1. The van der Waals surface area contributed by atoms with E-state index < -0.39 is 5.60 Å². The van der Waals surface area contributed by atoms with Gasteiger partial charge in [0.2, 0.25) is 0 Å². The molecule has 1 atom stereocenters. The molecular weight excluding hydrogens is 282 g/mol. The molecule has 2 aromatic rings. The van der Waals surface area contributed by atoms with Gasteiger partial charge in [-0.25, -0.2) is 9.97 Å². The van der Waals surface area contributed by atoms with E-state index in [-0.39, 0.29) is 6.54 Å². The van der Waals surface area contributed by atoms with Crippen LogP contribution < -0.4 is 5.73 Å². The van der Waals surface area contributed by atoms with E-state index in [9.17, 15) is 5.11 Å². The summed E-state index contributed by atoms with van der Waals surface area (Å²) in [6.45, 7) is 4.11. The van der Waals surface area contributed by atoms with Crippen LogP contribution in [0.25, 0.3) is 0 Å². The molecule has 112 valence electrons. The Morgan fingerprint density at radius 3 is 2.33 bits per heavy atom. The zero-order valence-electron chi connectivity index (χ0n) is 12.4. The Kier molecular flexibility index (Phi) is 5.33. The van der Waals surface area contributed by atoms with Gasteiger partial charge in [0.15, 0.2) is 5.16 Å². The van der Waals surface area contributed by atoms with E-state index in [0.29, 0.717) is 12.2 Å². The van der Waals surface area contributed by atoms with E-state index in [1.54, 1.807) is 11.8 Å². The number of nitrogens with two attached hydrogens (primary N) is 1. The number of hydrogen-bond acceptors (Lipinski definition) is 5. The van der Waals surface area contributed by atoms with Crippen molar-refractivity contribution in [1.29, 1.82) is 0 Å². The fourth-order valence-electron chi connectivity index (χ4n) is 2.18. The first-order valence-electron chi connectivity index (χ1n) is 6.96. The summed E-state index contributed by atoms with van der Waals surface area (Å²) >= 11 is 1.55. The summed E-state index contributed by atoms with van der Waals surface area (Å²) in [6, 6.07) is 11.5. The fraction of sp³-hybridized carbons (Fsp3) is 0.375. The van der Waals surface area contributed by atoms with Crippen LogP contribution in [-0.4, -0.2) is 27.4 Å². The number of aryl methyl sites for hydroxylation is 2. The highest BCUT2D eigenvalue weighted by molar-refractivity contribution is 7.99. The van der Waals surface area contributed by atoms with Crippen LogP contribution in [0, 0.1) is 13.8 Å². The van der Waals surface area contributed by atoms with Crippen molar-refractivity contribution in [2.75, 3.05) is 12.3 Å². The molecule has 0 aliphatic carbocycles. The zero-order valence-corrected chi connectivity index (χ0v) is 13.2. The van der Waals surface area contributed by atoms with E-state index in [1.807, 2.05) is 50.2 Å². The summed E-state index contributed by atoms with van der Waals surface area (Å²) < 4.78 is 0. The van der Waals surface area contributed by atoms with Crippen molar-refractivity contribution in [2.45, 2.75) is 31.0 Å². The van der Waals surface area contributed by atoms with Crippen LogP contribution in [0.1, 0.15) is 23.4 Å². The lowest BCUT2D eigenvalue weighted by Crippen LogP contribution is -2.35. The number of aromatic nitrogens is 2. The maximum absolute atomic E-state index is 10.7. The highest BCUT2D eigenvalue weighted by atomic mass is 32.2. The lowest BCUT2D eigenvalue weighted by molar-refractivity contribution is 0.0431. The lowest BCUT2D eigenvalue weighted by Gasteiger charge is -2.26. The van der Waals surface area contributed by atoms with Crippen molar-refractivity contribution in [2.24, 2.45) is 5.73 Å². The maximum Gasteiger partial charge on any atom is 0.187 e. The van der Waals surface area contributed by atoms with E-state index in [0.717, 1.165) is 22.1 Å². The van der Waals surface area contributed by atoms with Gasteiger partial charge in [-0.15, -0.1) is 0 Å². The molecule has 1 heterocycles. The van der Waals surface area contributed by atoms with E-state index in [2.05, 4.69) is 9.97 Å². The van der Waals surface area contributed by atoms with Crippen molar-refractivity contribution < 1.29 is 5.11 Å². The number of aliphatic hydroxyl groups is 1. The molecule has 0 saturated heterocycles. The van der Waals surface area contributed by atoms with E-state index in [4.69, 9.17) is 5.73 Å². The van der Waals surface area contributed by atoms with Crippen LogP contribution in [0.2, 0.25) is 0 Å². The third-order valence-corrected chi connectivity index (χ3v) is 4.21. The normalized spacial score (nSPS) is 13.9. The van der Waals surface area contributed by atoms with Gasteiger partial charge in [0, 0.05) is 23.7 Å². The van der Waals surface area contributed by atoms with E-state index >= 15 is 0 Å². The molecule has 2 rings (SSSR count). The zero-order chi connectivity index (χ0) is 15.3. The van der Waals surface area contributed by atoms with Crippen LogP contribution in [0.5, 0.6) is 0 Å². The molecule has 1 aromatic carbocycles.